The Morgan fingerprint density at radius 2 is 1.81 bits per heavy atom. The van der Waals surface area contributed by atoms with Crippen LogP contribution in [0.1, 0.15) is 38.5 Å². The minimum Gasteiger partial charge on any atom is -0.481 e. The number of anilines is 1. The van der Waals surface area contributed by atoms with Gasteiger partial charge >= 0.3 is 12.0 Å². The molecule has 1 aliphatic rings. The average molecular weight is 290 g/mol. The van der Waals surface area contributed by atoms with E-state index in [-0.39, 0.29) is 12.5 Å². The first-order valence-corrected chi connectivity index (χ1v) is 7.35. The molecule has 0 saturated heterocycles. The molecule has 1 saturated carbocycles. The fourth-order valence-electron chi connectivity index (χ4n) is 3.07. The monoisotopic (exact) mass is 290 g/mol. The Bertz CT molecular complexity index is 496. The maximum atomic E-state index is 12.4. The summed E-state index contributed by atoms with van der Waals surface area (Å²) in [6.07, 6.45) is 4.55. The van der Waals surface area contributed by atoms with Gasteiger partial charge in [-0.3, -0.25) is 4.79 Å². The molecule has 114 valence electrons. The Balaban J connectivity index is 2.11. The number of amides is 2. The van der Waals surface area contributed by atoms with Crippen LogP contribution in [0.4, 0.5) is 10.5 Å². The lowest BCUT2D eigenvalue weighted by Gasteiger charge is -2.43. The Labute approximate surface area is 125 Å². The van der Waals surface area contributed by atoms with Crippen LogP contribution in [0, 0.1) is 0 Å². The van der Waals surface area contributed by atoms with Crippen LogP contribution in [-0.4, -0.2) is 34.6 Å². The number of carbonyl (C=O) groups is 2. The van der Waals surface area contributed by atoms with Gasteiger partial charge in [-0.05, 0) is 25.0 Å². The molecule has 0 aromatic heterocycles. The van der Waals surface area contributed by atoms with Crippen LogP contribution in [0.2, 0.25) is 0 Å². The zero-order chi connectivity index (χ0) is 15.3. The van der Waals surface area contributed by atoms with Crippen molar-refractivity contribution in [3.8, 4) is 0 Å². The molecular formula is C16H22N2O3. The fourth-order valence-corrected chi connectivity index (χ4v) is 3.07. The number of aliphatic carboxylic acids is 1. The molecule has 2 rings (SSSR count). The van der Waals surface area contributed by atoms with Crippen molar-refractivity contribution in [2.75, 3.05) is 12.4 Å². The van der Waals surface area contributed by atoms with Crippen molar-refractivity contribution >= 4 is 17.7 Å². The third-order valence-corrected chi connectivity index (χ3v) is 4.31. The molecule has 5 heteroatoms. The first kappa shape index (κ1) is 15.4. The highest BCUT2D eigenvalue weighted by Crippen LogP contribution is 2.36. The van der Waals surface area contributed by atoms with Crippen molar-refractivity contribution in [2.24, 2.45) is 0 Å². The topological polar surface area (TPSA) is 69.6 Å². The summed E-state index contributed by atoms with van der Waals surface area (Å²) in [7, 11) is 1.70. The second kappa shape index (κ2) is 6.61. The van der Waals surface area contributed by atoms with E-state index < -0.39 is 11.5 Å². The fraction of sp³-hybridized carbons (Fsp3) is 0.500. The molecule has 0 spiro atoms. The average Bonchev–Trinajstić information content (AvgIpc) is 2.47. The van der Waals surface area contributed by atoms with Crippen molar-refractivity contribution in [3.63, 3.8) is 0 Å². The van der Waals surface area contributed by atoms with E-state index in [1.807, 2.05) is 30.3 Å². The van der Waals surface area contributed by atoms with Gasteiger partial charge in [0.1, 0.15) is 0 Å². The molecular weight excluding hydrogens is 268 g/mol. The van der Waals surface area contributed by atoms with E-state index in [1.165, 1.54) is 0 Å². The zero-order valence-corrected chi connectivity index (χ0v) is 12.3. The number of benzene rings is 1. The van der Waals surface area contributed by atoms with Gasteiger partial charge in [0.25, 0.3) is 0 Å². The molecule has 1 fully saturated rings. The van der Waals surface area contributed by atoms with E-state index >= 15 is 0 Å². The van der Waals surface area contributed by atoms with Crippen LogP contribution in [-0.2, 0) is 4.79 Å². The van der Waals surface area contributed by atoms with Crippen LogP contribution in [0.3, 0.4) is 0 Å². The number of carboxylic acids is 1. The number of nitrogens with one attached hydrogen (secondary N) is 1. The summed E-state index contributed by atoms with van der Waals surface area (Å²) in [6, 6.07) is 8.97. The lowest BCUT2D eigenvalue weighted by molar-refractivity contribution is -0.140. The van der Waals surface area contributed by atoms with Crippen molar-refractivity contribution in [2.45, 2.75) is 44.1 Å². The number of hydrogen-bond donors (Lipinski definition) is 2. The summed E-state index contributed by atoms with van der Waals surface area (Å²) >= 11 is 0. The second-order valence-corrected chi connectivity index (χ2v) is 5.71. The molecule has 2 N–H and O–H groups in total. The summed E-state index contributed by atoms with van der Waals surface area (Å²) in [4.78, 5) is 25.2. The third-order valence-electron chi connectivity index (χ3n) is 4.31. The quantitative estimate of drug-likeness (QED) is 0.893. The number of carbonyl (C=O) groups excluding carboxylic acids is 1. The first-order chi connectivity index (χ1) is 10.0. The van der Waals surface area contributed by atoms with Crippen molar-refractivity contribution in [1.29, 1.82) is 0 Å². The van der Waals surface area contributed by atoms with Gasteiger partial charge in [0.15, 0.2) is 0 Å². The van der Waals surface area contributed by atoms with Gasteiger partial charge in [0, 0.05) is 12.7 Å². The minimum absolute atomic E-state index is 0.00566. The molecule has 1 aliphatic carbocycles. The van der Waals surface area contributed by atoms with Gasteiger partial charge in [-0.25, -0.2) is 4.79 Å². The van der Waals surface area contributed by atoms with Crippen molar-refractivity contribution in [3.05, 3.63) is 30.3 Å². The molecule has 0 bridgehead atoms. The summed E-state index contributed by atoms with van der Waals surface area (Å²) in [6.45, 7) is 0. The Hall–Kier alpha value is -2.04. The predicted molar refractivity (Wildman–Crippen MR) is 81.3 cm³/mol. The number of para-hydroxylation sites is 1. The second-order valence-electron chi connectivity index (χ2n) is 5.71. The van der Waals surface area contributed by atoms with Gasteiger partial charge in [-0.2, -0.15) is 0 Å². The molecule has 0 radical (unpaired) electrons. The molecule has 0 atom stereocenters. The van der Waals surface area contributed by atoms with E-state index in [4.69, 9.17) is 0 Å². The van der Waals surface area contributed by atoms with E-state index in [0.717, 1.165) is 37.8 Å². The van der Waals surface area contributed by atoms with E-state index in [0.29, 0.717) is 0 Å². The predicted octanol–water partition coefficient (Wildman–Crippen LogP) is 3.33. The van der Waals surface area contributed by atoms with E-state index in [1.54, 1.807) is 11.9 Å². The maximum Gasteiger partial charge on any atom is 0.322 e. The van der Waals surface area contributed by atoms with Crippen molar-refractivity contribution in [1.82, 2.24) is 4.90 Å². The lowest BCUT2D eigenvalue weighted by Crippen LogP contribution is -2.53. The standard InChI is InChI=1S/C16H22N2O3/c1-18(15(21)17-13-8-4-2-5-9-13)16(12-14(19)20)10-6-3-7-11-16/h2,4-5,8-9H,3,6-7,10-12H2,1H3,(H,17,21)(H,19,20). The smallest absolute Gasteiger partial charge is 0.322 e. The van der Waals surface area contributed by atoms with Crippen LogP contribution >= 0.6 is 0 Å². The van der Waals surface area contributed by atoms with Gasteiger partial charge in [0.05, 0.1) is 12.0 Å². The SMILES string of the molecule is CN(C(=O)Nc1ccccc1)C1(CC(=O)O)CCCCC1. The van der Waals surface area contributed by atoms with Crippen molar-refractivity contribution < 1.29 is 14.7 Å². The number of urea groups is 1. The highest BCUT2D eigenvalue weighted by atomic mass is 16.4. The first-order valence-electron chi connectivity index (χ1n) is 7.35. The van der Waals surface area contributed by atoms with Gasteiger partial charge in [-0.1, -0.05) is 37.5 Å². The van der Waals surface area contributed by atoms with Crippen LogP contribution < -0.4 is 5.32 Å². The molecule has 0 heterocycles. The Kier molecular flexibility index (Phi) is 4.83. The van der Waals surface area contributed by atoms with Crippen LogP contribution in [0.15, 0.2) is 30.3 Å². The Morgan fingerprint density at radius 3 is 2.38 bits per heavy atom. The largest absolute Gasteiger partial charge is 0.481 e. The highest BCUT2D eigenvalue weighted by molar-refractivity contribution is 5.90. The zero-order valence-electron chi connectivity index (χ0n) is 12.3. The lowest BCUT2D eigenvalue weighted by atomic mass is 9.78. The summed E-state index contributed by atoms with van der Waals surface area (Å²) in [5.41, 5.74) is 0.152. The molecule has 1 aromatic rings. The molecule has 2 amide bonds. The van der Waals surface area contributed by atoms with Gasteiger partial charge in [0.2, 0.25) is 0 Å². The Morgan fingerprint density at radius 1 is 1.19 bits per heavy atom. The van der Waals surface area contributed by atoms with E-state index in [2.05, 4.69) is 5.32 Å². The maximum absolute atomic E-state index is 12.4. The van der Waals surface area contributed by atoms with Crippen LogP contribution in [0.5, 0.6) is 0 Å². The molecule has 0 aliphatic heterocycles. The minimum atomic E-state index is -0.851. The summed E-state index contributed by atoms with van der Waals surface area (Å²) in [5, 5.41) is 12.0. The number of rotatable bonds is 4. The van der Waals surface area contributed by atoms with Gasteiger partial charge < -0.3 is 15.3 Å². The van der Waals surface area contributed by atoms with Crippen LogP contribution in [0.25, 0.3) is 0 Å². The molecule has 5 nitrogen and oxygen atoms in total. The summed E-state index contributed by atoms with van der Waals surface area (Å²) in [5.74, 6) is -0.851. The normalized spacial score (nSPS) is 17.0. The van der Waals surface area contributed by atoms with E-state index in [9.17, 15) is 14.7 Å². The molecule has 0 unspecified atom stereocenters. The van der Waals surface area contributed by atoms with Gasteiger partial charge in [-0.15, -0.1) is 0 Å². The highest BCUT2D eigenvalue weighted by Gasteiger charge is 2.40. The summed E-state index contributed by atoms with van der Waals surface area (Å²) < 4.78 is 0. The molecule has 21 heavy (non-hydrogen) atoms. The number of nitrogens with zero attached hydrogens (tertiary/aromatic N) is 1. The third kappa shape index (κ3) is 3.74. The molecule has 1 aromatic carbocycles. The number of hydrogen-bond acceptors (Lipinski definition) is 2. The number of carboxylic acid groups (broad SMARTS) is 1.